The van der Waals surface area contributed by atoms with Crippen LogP contribution in [-0.4, -0.2) is 40.9 Å². The predicted octanol–water partition coefficient (Wildman–Crippen LogP) is 3.29. The smallest absolute Gasteiger partial charge is 0.260 e. The number of amides is 2. The van der Waals surface area contributed by atoms with E-state index in [1.54, 1.807) is 18.5 Å². The summed E-state index contributed by atoms with van der Waals surface area (Å²) in [5, 5.41) is 6.15. The van der Waals surface area contributed by atoms with Gasteiger partial charge in [-0.25, -0.2) is 0 Å². The number of hydrogen-bond donors (Lipinski definition) is 4. The van der Waals surface area contributed by atoms with Gasteiger partial charge in [-0.2, -0.15) is 0 Å². The van der Waals surface area contributed by atoms with E-state index in [0.717, 1.165) is 23.4 Å². The molecule has 33 heavy (non-hydrogen) atoms. The second kappa shape index (κ2) is 9.32. The van der Waals surface area contributed by atoms with E-state index in [4.69, 9.17) is 11.5 Å². The van der Waals surface area contributed by atoms with Crippen molar-refractivity contribution in [2.75, 3.05) is 34.4 Å². The Hall–Kier alpha value is -3.24. The van der Waals surface area contributed by atoms with Crippen molar-refractivity contribution < 1.29 is 9.59 Å². The fourth-order valence-electron chi connectivity index (χ4n) is 4.11. The minimum Gasteiger partial charge on any atom is -0.390 e. The molecule has 1 aliphatic heterocycles. The first-order chi connectivity index (χ1) is 15.7. The maximum Gasteiger partial charge on any atom is 0.260 e. The van der Waals surface area contributed by atoms with Gasteiger partial charge in [0.05, 0.1) is 39.7 Å². The summed E-state index contributed by atoms with van der Waals surface area (Å²) in [6.45, 7) is 7.38. The molecule has 10 heteroatoms. The summed E-state index contributed by atoms with van der Waals surface area (Å²) >= 11 is 1.26. The largest absolute Gasteiger partial charge is 0.390 e. The van der Waals surface area contributed by atoms with Crippen LogP contribution in [0.4, 0.5) is 22.1 Å². The molecule has 1 saturated heterocycles. The van der Waals surface area contributed by atoms with E-state index in [0.29, 0.717) is 39.9 Å². The van der Waals surface area contributed by atoms with Crippen LogP contribution in [0.25, 0.3) is 10.2 Å². The van der Waals surface area contributed by atoms with Gasteiger partial charge in [0, 0.05) is 31.2 Å². The summed E-state index contributed by atoms with van der Waals surface area (Å²) < 4.78 is 0.724. The van der Waals surface area contributed by atoms with E-state index in [2.05, 4.69) is 32.4 Å². The third-order valence-corrected chi connectivity index (χ3v) is 6.61. The Labute approximate surface area is 196 Å². The van der Waals surface area contributed by atoms with Crippen LogP contribution in [0.3, 0.4) is 0 Å². The second-order valence-electron chi connectivity index (χ2n) is 8.91. The highest BCUT2D eigenvalue weighted by Gasteiger charge is 2.26. The van der Waals surface area contributed by atoms with Crippen molar-refractivity contribution in [2.45, 2.75) is 33.2 Å². The minimum atomic E-state index is -0.353. The first-order valence-corrected chi connectivity index (χ1v) is 11.8. The zero-order chi connectivity index (χ0) is 23.7. The molecule has 1 aliphatic rings. The van der Waals surface area contributed by atoms with Crippen LogP contribution >= 0.6 is 11.3 Å². The molecule has 0 radical (unpaired) electrons. The predicted molar refractivity (Wildman–Crippen MR) is 134 cm³/mol. The highest BCUT2D eigenvalue weighted by Crippen LogP contribution is 2.35. The molecule has 3 aromatic heterocycles. The van der Waals surface area contributed by atoms with Crippen LogP contribution in [0, 0.1) is 11.8 Å². The van der Waals surface area contributed by atoms with Crippen molar-refractivity contribution in [1.29, 1.82) is 0 Å². The standard InChI is InChI=1S/C23H29N7O2S/c1-12(2)22(31)28-15-7-18-20(27-8-15)19(21(25)33-18)23(32)29-16-9-26-5-4-17(16)30-10-13(3)6-14(24)11-30/h4-5,7-9,12-14H,6,10-11,24-25H2,1-3H3,(H,28,31)(H,29,32)/t13-,14+/m1/s1. The number of thiophene rings is 1. The third kappa shape index (κ3) is 4.91. The van der Waals surface area contributed by atoms with Crippen LogP contribution in [0.15, 0.2) is 30.7 Å². The molecule has 3 aromatic rings. The molecule has 0 saturated carbocycles. The number of hydrogen-bond acceptors (Lipinski definition) is 8. The van der Waals surface area contributed by atoms with Gasteiger partial charge in [-0.05, 0) is 24.5 Å². The SMILES string of the molecule is CC(C)C(=O)Nc1cnc2c(C(=O)Nc3cnccc3N3C[C@H](C)C[C@H](N)C3)c(N)sc2c1. The lowest BCUT2D eigenvalue weighted by molar-refractivity contribution is -0.118. The fraction of sp³-hybridized carbons (Fsp3) is 0.391. The number of fused-ring (bicyclic) bond motifs is 1. The zero-order valence-corrected chi connectivity index (χ0v) is 19.8. The molecule has 4 rings (SSSR count). The molecule has 9 nitrogen and oxygen atoms in total. The van der Waals surface area contributed by atoms with Crippen LogP contribution in [0.1, 0.15) is 37.6 Å². The lowest BCUT2D eigenvalue weighted by atomic mass is 9.96. The summed E-state index contributed by atoms with van der Waals surface area (Å²) in [6.07, 6.45) is 5.86. The van der Waals surface area contributed by atoms with Crippen molar-refractivity contribution in [2.24, 2.45) is 17.6 Å². The van der Waals surface area contributed by atoms with E-state index >= 15 is 0 Å². The number of rotatable bonds is 5. The summed E-state index contributed by atoms with van der Waals surface area (Å²) in [6, 6.07) is 3.75. The van der Waals surface area contributed by atoms with Crippen molar-refractivity contribution in [3.05, 3.63) is 36.3 Å². The molecule has 2 amide bonds. The molecule has 0 aromatic carbocycles. The second-order valence-corrected chi connectivity index (χ2v) is 9.99. The van der Waals surface area contributed by atoms with Gasteiger partial charge < -0.3 is 27.0 Å². The summed E-state index contributed by atoms with van der Waals surface area (Å²) in [7, 11) is 0. The monoisotopic (exact) mass is 467 g/mol. The molecule has 174 valence electrons. The van der Waals surface area contributed by atoms with Crippen LogP contribution < -0.4 is 27.0 Å². The molecule has 1 fully saturated rings. The maximum absolute atomic E-state index is 13.3. The molecular formula is C23H29N7O2S. The van der Waals surface area contributed by atoms with E-state index in [1.807, 2.05) is 19.9 Å². The van der Waals surface area contributed by atoms with Gasteiger partial charge in [-0.15, -0.1) is 11.3 Å². The topological polar surface area (TPSA) is 139 Å². The van der Waals surface area contributed by atoms with Crippen LogP contribution in [0.2, 0.25) is 0 Å². The van der Waals surface area contributed by atoms with Gasteiger partial charge in [0.15, 0.2) is 0 Å². The number of nitrogens with two attached hydrogens (primary N) is 2. The first kappa shape index (κ1) is 22.9. The van der Waals surface area contributed by atoms with Crippen molar-refractivity contribution in [1.82, 2.24) is 9.97 Å². The Bertz CT molecular complexity index is 1180. The Morgan fingerprint density at radius 1 is 1.24 bits per heavy atom. The molecule has 0 bridgehead atoms. The summed E-state index contributed by atoms with van der Waals surface area (Å²) in [4.78, 5) is 36.1. The molecule has 0 unspecified atom stereocenters. The number of nitrogen functional groups attached to an aromatic ring is 1. The number of aromatic nitrogens is 2. The van der Waals surface area contributed by atoms with Gasteiger partial charge in [-0.3, -0.25) is 19.6 Å². The highest BCUT2D eigenvalue weighted by atomic mass is 32.1. The highest BCUT2D eigenvalue weighted by molar-refractivity contribution is 7.23. The molecule has 2 atom stereocenters. The van der Waals surface area contributed by atoms with Crippen molar-refractivity contribution in [3.63, 3.8) is 0 Å². The average Bonchev–Trinajstić information content (AvgIpc) is 3.08. The summed E-state index contributed by atoms with van der Waals surface area (Å²) in [5.41, 5.74) is 15.3. The Balaban J connectivity index is 1.60. The molecule has 0 spiro atoms. The normalized spacial score (nSPS) is 18.5. The van der Waals surface area contributed by atoms with Gasteiger partial charge in [0.25, 0.3) is 5.91 Å². The number of pyridine rings is 2. The van der Waals surface area contributed by atoms with Gasteiger partial charge in [0.1, 0.15) is 10.6 Å². The quantitative estimate of drug-likeness (QED) is 0.451. The van der Waals surface area contributed by atoms with Gasteiger partial charge in [0.2, 0.25) is 5.91 Å². The Morgan fingerprint density at radius 2 is 2.03 bits per heavy atom. The van der Waals surface area contributed by atoms with Gasteiger partial charge in [-0.1, -0.05) is 20.8 Å². The zero-order valence-electron chi connectivity index (χ0n) is 19.0. The maximum atomic E-state index is 13.3. The lowest BCUT2D eigenvalue weighted by Gasteiger charge is -2.37. The number of nitrogens with zero attached hydrogens (tertiary/aromatic N) is 3. The molecule has 6 N–H and O–H groups in total. The number of carbonyl (C=O) groups is 2. The van der Waals surface area contributed by atoms with E-state index in [1.165, 1.54) is 17.5 Å². The average molecular weight is 468 g/mol. The van der Waals surface area contributed by atoms with Crippen LogP contribution in [-0.2, 0) is 4.79 Å². The number of piperidine rings is 1. The van der Waals surface area contributed by atoms with Gasteiger partial charge >= 0.3 is 0 Å². The molecule has 0 aliphatic carbocycles. The Kier molecular flexibility index (Phi) is 6.48. The number of anilines is 4. The van der Waals surface area contributed by atoms with E-state index < -0.39 is 0 Å². The van der Waals surface area contributed by atoms with E-state index in [-0.39, 0.29) is 23.8 Å². The lowest BCUT2D eigenvalue weighted by Crippen LogP contribution is -2.46. The minimum absolute atomic E-state index is 0.0801. The molecule has 4 heterocycles. The summed E-state index contributed by atoms with van der Waals surface area (Å²) in [5.74, 6) is -0.151. The first-order valence-electron chi connectivity index (χ1n) is 11.0. The fourth-order valence-corrected chi connectivity index (χ4v) is 5.08. The van der Waals surface area contributed by atoms with Crippen LogP contribution in [0.5, 0.6) is 0 Å². The third-order valence-electron chi connectivity index (χ3n) is 5.65. The van der Waals surface area contributed by atoms with E-state index in [9.17, 15) is 9.59 Å². The Morgan fingerprint density at radius 3 is 2.76 bits per heavy atom. The number of carbonyl (C=O) groups excluding carboxylic acids is 2. The van der Waals surface area contributed by atoms with Crippen molar-refractivity contribution in [3.8, 4) is 0 Å². The molecular weight excluding hydrogens is 438 g/mol. The van der Waals surface area contributed by atoms with Crippen molar-refractivity contribution >= 4 is 55.4 Å². The number of nitrogens with one attached hydrogen (secondary N) is 2.